The Morgan fingerprint density at radius 1 is 1.19 bits per heavy atom. The van der Waals surface area contributed by atoms with Crippen molar-refractivity contribution in [2.24, 2.45) is 0 Å². The molecule has 1 aliphatic rings. The summed E-state index contributed by atoms with van der Waals surface area (Å²) in [6.45, 7) is -0.547. The number of thiocarbonyl (C=S) groups is 1. The van der Waals surface area contributed by atoms with E-state index in [2.05, 4.69) is 0 Å². The van der Waals surface area contributed by atoms with Crippen LogP contribution in [0.25, 0.3) is 6.08 Å². The van der Waals surface area contributed by atoms with Crippen molar-refractivity contribution in [2.75, 3.05) is 6.54 Å². The third-order valence-electron chi connectivity index (χ3n) is 3.90. The van der Waals surface area contributed by atoms with Crippen molar-refractivity contribution in [2.45, 2.75) is 0 Å². The normalized spacial score (nSPS) is 14.7. The first-order valence-corrected chi connectivity index (χ1v) is 9.56. The molecule has 0 bridgehead atoms. The summed E-state index contributed by atoms with van der Waals surface area (Å²) >= 11 is 5.99. The minimum atomic E-state index is -1.20. The van der Waals surface area contributed by atoms with E-state index in [-0.39, 0.29) is 20.7 Å². The Bertz CT molecular complexity index is 1160. The molecule has 3 rings (SSSR count). The quantitative estimate of drug-likeness (QED) is 0.280. The number of nitro groups is 2. The lowest BCUT2D eigenvalue weighted by Crippen LogP contribution is -2.33. The summed E-state index contributed by atoms with van der Waals surface area (Å²) in [4.78, 5) is 45.0. The van der Waals surface area contributed by atoms with E-state index >= 15 is 0 Å². The molecule has 0 spiro atoms. The molecule has 0 saturated carbocycles. The molecule has 0 unspecified atom stereocenters. The minimum absolute atomic E-state index is 0.118. The smallest absolute Gasteiger partial charge is 0.323 e. The maximum Gasteiger partial charge on any atom is 0.323 e. The fourth-order valence-electron chi connectivity index (χ4n) is 2.57. The second-order valence-corrected chi connectivity index (χ2v) is 7.68. The van der Waals surface area contributed by atoms with Crippen LogP contribution in [-0.4, -0.2) is 42.6 Å². The van der Waals surface area contributed by atoms with Crippen molar-refractivity contribution in [3.63, 3.8) is 0 Å². The molecule has 1 amide bonds. The van der Waals surface area contributed by atoms with Crippen molar-refractivity contribution < 1.29 is 29.3 Å². The van der Waals surface area contributed by atoms with Crippen LogP contribution in [0.1, 0.15) is 5.56 Å². The van der Waals surface area contributed by atoms with E-state index in [1.807, 2.05) is 0 Å². The van der Waals surface area contributed by atoms with Gasteiger partial charge in [0.15, 0.2) is 0 Å². The molecule has 1 N–H and O–H groups in total. The number of aliphatic carboxylic acids is 1. The zero-order valence-electron chi connectivity index (χ0n) is 15.3. The van der Waals surface area contributed by atoms with Crippen LogP contribution < -0.4 is 4.74 Å². The first-order chi connectivity index (χ1) is 14.7. The molecule has 1 heterocycles. The summed E-state index contributed by atoms with van der Waals surface area (Å²) in [5, 5.41) is 31.0. The SMILES string of the molecule is O=C(O)CN1C(=O)/C(=C\c2cccc(Oc3ccc([N+](=O)[O-])cc3[N+](=O)[O-])c2)SC1=S. The lowest BCUT2D eigenvalue weighted by atomic mass is 10.2. The van der Waals surface area contributed by atoms with Gasteiger partial charge in [-0.2, -0.15) is 0 Å². The van der Waals surface area contributed by atoms with Gasteiger partial charge in [0.2, 0.25) is 5.75 Å². The zero-order chi connectivity index (χ0) is 22.7. The van der Waals surface area contributed by atoms with Gasteiger partial charge < -0.3 is 9.84 Å². The second kappa shape index (κ2) is 8.89. The standard InChI is InChI=1S/C18H11N3O8S2/c22-16(23)9-19-17(24)15(31-18(19)30)7-10-2-1-3-12(6-10)29-14-5-4-11(20(25)26)8-13(14)21(27)28/h1-8H,9H2,(H,22,23)/b15-7+. The Kier molecular flexibility index (Phi) is 6.27. The lowest BCUT2D eigenvalue weighted by Gasteiger charge is -2.10. The fraction of sp³-hybridized carbons (Fsp3) is 0.0556. The average Bonchev–Trinajstić information content (AvgIpc) is 2.95. The van der Waals surface area contributed by atoms with Crippen LogP contribution in [0.2, 0.25) is 0 Å². The molecule has 0 aliphatic carbocycles. The van der Waals surface area contributed by atoms with E-state index in [1.54, 1.807) is 12.1 Å². The highest BCUT2D eigenvalue weighted by atomic mass is 32.2. The van der Waals surface area contributed by atoms with Crippen molar-refractivity contribution in [3.05, 3.63) is 73.2 Å². The monoisotopic (exact) mass is 461 g/mol. The molecule has 11 nitrogen and oxygen atoms in total. The Morgan fingerprint density at radius 2 is 1.94 bits per heavy atom. The molecule has 13 heteroatoms. The number of hydrogen-bond acceptors (Lipinski definition) is 9. The van der Waals surface area contributed by atoms with Crippen molar-refractivity contribution in [3.8, 4) is 11.5 Å². The molecule has 0 atom stereocenters. The van der Waals surface area contributed by atoms with Gasteiger partial charge in [0.05, 0.1) is 20.8 Å². The number of non-ortho nitro benzene ring substituents is 1. The number of thioether (sulfide) groups is 1. The lowest BCUT2D eigenvalue weighted by molar-refractivity contribution is -0.394. The molecule has 1 saturated heterocycles. The molecule has 1 fully saturated rings. The highest BCUT2D eigenvalue weighted by molar-refractivity contribution is 8.26. The van der Waals surface area contributed by atoms with Crippen LogP contribution in [0.5, 0.6) is 11.5 Å². The number of ether oxygens (including phenoxy) is 1. The van der Waals surface area contributed by atoms with Gasteiger partial charge in [-0.3, -0.25) is 34.7 Å². The van der Waals surface area contributed by atoms with Gasteiger partial charge in [0.25, 0.3) is 11.6 Å². The average molecular weight is 461 g/mol. The first-order valence-electron chi connectivity index (χ1n) is 8.33. The molecule has 2 aromatic rings. The number of benzene rings is 2. The van der Waals surface area contributed by atoms with E-state index in [4.69, 9.17) is 22.1 Å². The van der Waals surface area contributed by atoms with E-state index in [0.717, 1.165) is 34.9 Å². The van der Waals surface area contributed by atoms with Gasteiger partial charge >= 0.3 is 11.7 Å². The van der Waals surface area contributed by atoms with Crippen LogP contribution in [0.3, 0.4) is 0 Å². The summed E-state index contributed by atoms with van der Waals surface area (Å²) in [7, 11) is 0. The van der Waals surface area contributed by atoms with Crippen LogP contribution in [0.15, 0.2) is 47.4 Å². The number of hydrogen-bond donors (Lipinski definition) is 1. The summed E-state index contributed by atoms with van der Waals surface area (Å²) < 4.78 is 5.65. The van der Waals surface area contributed by atoms with E-state index in [0.29, 0.717) is 5.56 Å². The number of rotatable bonds is 7. The van der Waals surface area contributed by atoms with Crippen molar-refractivity contribution in [1.29, 1.82) is 0 Å². The molecule has 31 heavy (non-hydrogen) atoms. The zero-order valence-corrected chi connectivity index (χ0v) is 16.9. The van der Waals surface area contributed by atoms with E-state index in [9.17, 15) is 29.8 Å². The maximum atomic E-state index is 12.4. The predicted octanol–water partition coefficient (Wildman–Crippen LogP) is 3.58. The molecular weight excluding hydrogens is 450 g/mol. The summed E-state index contributed by atoms with van der Waals surface area (Å²) in [5.74, 6) is -1.75. The number of carbonyl (C=O) groups is 2. The van der Waals surface area contributed by atoms with E-state index in [1.165, 1.54) is 18.2 Å². The van der Waals surface area contributed by atoms with Crippen LogP contribution in [0.4, 0.5) is 11.4 Å². The first kappa shape index (κ1) is 21.9. The number of nitro benzene ring substituents is 2. The topological polar surface area (TPSA) is 153 Å². The van der Waals surface area contributed by atoms with Crippen molar-refractivity contribution in [1.82, 2.24) is 4.90 Å². The van der Waals surface area contributed by atoms with E-state index < -0.39 is 39.6 Å². The van der Waals surface area contributed by atoms with Crippen LogP contribution in [-0.2, 0) is 9.59 Å². The van der Waals surface area contributed by atoms with Gasteiger partial charge in [0, 0.05) is 6.07 Å². The van der Waals surface area contributed by atoms with Gasteiger partial charge in [-0.05, 0) is 29.8 Å². The van der Waals surface area contributed by atoms with Gasteiger partial charge in [-0.1, -0.05) is 36.1 Å². The third kappa shape index (κ3) is 5.02. The molecule has 2 aromatic carbocycles. The molecule has 0 radical (unpaired) electrons. The summed E-state index contributed by atoms with van der Waals surface area (Å²) in [6, 6.07) is 9.23. The summed E-state index contributed by atoms with van der Waals surface area (Å²) in [5.41, 5.74) is -0.525. The molecular formula is C18H11N3O8S2. The number of carboxylic acid groups (broad SMARTS) is 1. The highest BCUT2D eigenvalue weighted by Crippen LogP contribution is 2.36. The van der Waals surface area contributed by atoms with Gasteiger partial charge in [-0.25, -0.2) is 0 Å². The molecule has 158 valence electrons. The van der Waals surface area contributed by atoms with Crippen molar-refractivity contribution >= 4 is 57.6 Å². The highest BCUT2D eigenvalue weighted by Gasteiger charge is 2.33. The maximum absolute atomic E-state index is 12.4. The Hall–Kier alpha value is -3.84. The Labute approximate surface area is 183 Å². The van der Waals surface area contributed by atoms with Gasteiger partial charge in [0.1, 0.15) is 16.6 Å². The third-order valence-corrected chi connectivity index (χ3v) is 5.28. The van der Waals surface area contributed by atoms with Crippen LogP contribution in [0, 0.1) is 20.2 Å². The van der Waals surface area contributed by atoms with Gasteiger partial charge in [-0.15, -0.1) is 0 Å². The Morgan fingerprint density at radius 3 is 2.58 bits per heavy atom. The molecule has 0 aromatic heterocycles. The Balaban J connectivity index is 1.87. The minimum Gasteiger partial charge on any atom is -0.480 e. The second-order valence-electron chi connectivity index (χ2n) is 6.00. The van der Waals surface area contributed by atoms with Crippen LogP contribution >= 0.6 is 24.0 Å². The predicted molar refractivity (Wildman–Crippen MR) is 114 cm³/mol. The number of carboxylic acids is 1. The number of carbonyl (C=O) groups excluding carboxylic acids is 1. The number of amides is 1. The summed E-state index contributed by atoms with van der Waals surface area (Å²) in [6.07, 6.45) is 1.48. The number of nitrogens with zero attached hydrogens (tertiary/aromatic N) is 3. The molecule has 1 aliphatic heterocycles. The fourth-order valence-corrected chi connectivity index (χ4v) is 3.82. The largest absolute Gasteiger partial charge is 0.480 e.